The molecule has 158 valence electrons. The van der Waals surface area contributed by atoms with Crippen molar-refractivity contribution in [2.24, 2.45) is 0 Å². The number of aromatic nitrogens is 4. The van der Waals surface area contributed by atoms with Crippen LogP contribution in [0.25, 0.3) is 0 Å². The number of benzene rings is 1. The number of carbonyl (C=O) groups is 2. The van der Waals surface area contributed by atoms with Crippen molar-refractivity contribution < 1.29 is 9.59 Å². The predicted molar refractivity (Wildman–Crippen MR) is 116 cm³/mol. The Morgan fingerprint density at radius 1 is 1.20 bits per heavy atom. The molecular formula is C21H25ClN6O2. The third-order valence-corrected chi connectivity index (χ3v) is 5.36. The lowest BCUT2D eigenvalue weighted by atomic mass is 10.1. The van der Waals surface area contributed by atoms with Gasteiger partial charge in [-0.05, 0) is 38.5 Å². The van der Waals surface area contributed by atoms with Crippen LogP contribution in [0.3, 0.4) is 0 Å². The maximum Gasteiger partial charge on any atom is 0.273 e. The minimum Gasteiger partial charge on any atom is -0.343 e. The zero-order valence-electron chi connectivity index (χ0n) is 17.7. The van der Waals surface area contributed by atoms with E-state index in [0.29, 0.717) is 35.1 Å². The first-order valence-electron chi connectivity index (χ1n) is 9.60. The van der Waals surface area contributed by atoms with Crippen LogP contribution in [0.1, 0.15) is 44.7 Å². The normalized spacial score (nSPS) is 10.9. The first kappa shape index (κ1) is 21.6. The maximum absolute atomic E-state index is 12.9. The van der Waals surface area contributed by atoms with Gasteiger partial charge in [0, 0.05) is 26.2 Å². The van der Waals surface area contributed by atoms with Gasteiger partial charge in [-0.15, -0.1) is 0 Å². The Balaban J connectivity index is 1.83. The van der Waals surface area contributed by atoms with E-state index < -0.39 is 0 Å². The summed E-state index contributed by atoms with van der Waals surface area (Å²) in [6.45, 7) is 6.68. The molecule has 0 spiro atoms. The van der Waals surface area contributed by atoms with Gasteiger partial charge in [-0.3, -0.25) is 19.0 Å². The molecule has 2 amide bonds. The number of hydrogen-bond acceptors (Lipinski definition) is 4. The minimum absolute atomic E-state index is 0.222. The molecule has 8 nitrogen and oxygen atoms in total. The van der Waals surface area contributed by atoms with Gasteiger partial charge >= 0.3 is 0 Å². The van der Waals surface area contributed by atoms with Crippen molar-refractivity contribution in [2.45, 2.75) is 33.9 Å². The number of carbonyl (C=O) groups excluding carboxylic acids is 2. The highest BCUT2D eigenvalue weighted by Gasteiger charge is 2.21. The monoisotopic (exact) mass is 428 g/mol. The fourth-order valence-corrected chi connectivity index (χ4v) is 3.30. The molecule has 0 radical (unpaired) electrons. The summed E-state index contributed by atoms with van der Waals surface area (Å²) in [5, 5.41) is 12.1. The molecule has 2 heterocycles. The van der Waals surface area contributed by atoms with Crippen molar-refractivity contribution >= 4 is 29.1 Å². The second-order valence-corrected chi connectivity index (χ2v) is 7.60. The molecule has 0 aliphatic heterocycles. The first-order valence-corrected chi connectivity index (χ1v) is 9.98. The van der Waals surface area contributed by atoms with E-state index in [4.69, 9.17) is 11.6 Å². The van der Waals surface area contributed by atoms with Crippen LogP contribution >= 0.6 is 11.6 Å². The number of anilines is 1. The summed E-state index contributed by atoms with van der Waals surface area (Å²) in [6, 6.07) is 7.28. The number of hydrogen-bond donors (Lipinski definition) is 1. The molecular weight excluding hydrogens is 404 g/mol. The molecule has 1 N–H and O–H groups in total. The number of nitrogens with one attached hydrogen (secondary N) is 1. The zero-order chi connectivity index (χ0) is 22.0. The second-order valence-electron chi connectivity index (χ2n) is 7.22. The van der Waals surface area contributed by atoms with Crippen LogP contribution in [0.4, 0.5) is 5.69 Å². The first-order chi connectivity index (χ1) is 14.2. The minimum atomic E-state index is -0.313. The number of rotatable bonds is 6. The Morgan fingerprint density at radius 3 is 2.53 bits per heavy atom. The van der Waals surface area contributed by atoms with Crippen molar-refractivity contribution in [3.63, 3.8) is 0 Å². The largest absolute Gasteiger partial charge is 0.343 e. The van der Waals surface area contributed by atoms with Crippen LogP contribution in [0, 0.1) is 13.8 Å². The van der Waals surface area contributed by atoms with Gasteiger partial charge in [-0.1, -0.05) is 23.7 Å². The number of aryl methyl sites for hydroxylation is 2. The van der Waals surface area contributed by atoms with Gasteiger partial charge in [0.1, 0.15) is 5.69 Å². The van der Waals surface area contributed by atoms with E-state index in [1.54, 1.807) is 30.9 Å². The molecule has 0 atom stereocenters. The van der Waals surface area contributed by atoms with Gasteiger partial charge in [-0.25, -0.2) is 0 Å². The number of halogens is 1. The summed E-state index contributed by atoms with van der Waals surface area (Å²) in [5.74, 6) is -0.536. The molecule has 0 bridgehead atoms. The average Bonchev–Trinajstić information content (AvgIpc) is 3.23. The number of amides is 2. The molecule has 0 aliphatic carbocycles. The maximum atomic E-state index is 12.9. The highest BCUT2D eigenvalue weighted by molar-refractivity contribution is 6.31. The van der Waals surface area contributed by atoms with Crippen LogP contribution < -0.4 is 5.32 Å². The van der Waals surface area contributed by atoms with Crippen LogP contribution in [-0.4, -0.2) is 50.4 Å². The quantitative estimate of drug-likeness (QED) is 0.652. The van der Waals surface area contributed by atoms with Gasteiger partial charge < -0.3 is 10.2 Å². The third kappa shape index (κ3) is 4.23. The summed E-state index contributed by atoms with van der Waals surface area (Å²) in [4.78, 5) is 26.9. The SMILES string of the molecule is CCn1ncc(NC(=O)c2cccc(Cn3nc(C)c(Cl)c3C)c2)c1C(=O)N(C)C. The van der Waals surface area contributed by atoms with Crippen LogP contribution in [-0.2, 0) is 13.1 Å². The van der Waals surface area contributed by atoms with Gasteiger partial charge in [0.15, 0.2) is 0 Å². The summed E-state index contributed by atoms with van der Waals surface area (Å²) < 4.78 is 3.38. The Labute approximate surface area is 180 Å². The molecule has 9 heteroatoms. The van der Waals surface area contributed by atoms with E-state index in [9.17, 15) is 9.59 Å². The third-order valence-electron chi connectivity index (χ3n) is 4.81. The Morgan fingerprint density at radius 2 is 1.93 bits per heavy atom. The lowest BCUT2D eigenvalue weighted by Crippen LogP contribution is -2.26. The van der Waals surface area contributed by atoms with Gasteiger partial charge in [0.05, 0.1) is 34.8 Å². The topological polar surface area (TPSA) is 85.0 Å². The molecule has 2 aromatic heterocycles. The van der Waals surface area contributed by atoms with Gasteiger partial charge in [0.2, 0.25) is 0 Å². The average molecular weight is 429 g/mol. The summed E-state index contributed by atoms with van der Waals surface area (Å²) in [7, 11) is 3.32. The lowest BCUT2D eigenvalue weighted by molar-refractivity contribution is 0.0816. The highest BCUT2D eigenvalue weighted by Crippen LogP contribution is 2.21. The van der Waals surface area contributed by atoms with Crippen LogP contribution in [0.2, 0.25) is 5.02 Å². The fraction of sp³-hybridized carbons (Fsp3) is 0.333. The predicted octanol–water partition coefficient (Wildman–Crippen LogP) is 3.37. The fourth-order valence-electron chi connectivity index (χ4n) is 3.16. The molecule has 0 saturated heterocycles. The Hall–Kier alpha value is -3.13. The van der Waals surface area contributed by atoms with E-state index in [1.165, 1.54) is 11.1 Å². The van der Waals surface area contributed by atoms with Crippen LogP contribution in [0.15, 0.2) is 30.5 Å². The molecule has 1 aromatic carbocycles. The van der Waals surface area contributed by atoms with Crippen LogP contribution in [0.5, 0.6) is 0 Å². The molecule has 3 aromatic rings. The standard InChI is InChI=1S/C21H25ClN6O2/c1-6-27-19(21(30)26(4)5)17(11-23-27)24-20(29)16-9-7-8-15(10-16)12-28-14(3)18(22)13(2)25-28/h7-11H,6,12H2,1-5H3,(H,24,29). The molecule has 3 rings (SSSR count). The van der Waals surface area contributed by atoms with Crippen molar-refractivity contribution in [3.8, 4) is 0 Å². The molecule has 0 fully saturated rings. The molecule has 30 heavy (non-hydrogen) atoms. The zero-order valence-corrected chi connectivity index (χ0v) is 18.5. The van der Waals surface area contributed by atoms with E-state index in [2.05, 4.69) is 15.5 Å². The van der Waals surface area contributed by atoms with Gasteiger partial charge in [0.25, 0.3) is 11.8 Å². The summed E-state index contributed by atoms with van der Waals surface area (Å²) in [5.41, 5.74) is 3.78. The van der Waals surface area contributed by atoms with Gasteiger partial charge in [-0.2, -0.15) is 10.2 Å². The van der Waals surface area contributed by atoms with Crippen molar-refractivity contribution in [3.05, 3.63) is 63.7 Å². The van der Waals surface area contributed by atoms with Crippen molar-refractivity contribution in [2.75, 3.05) is 19.4 Å². The Kier molecular flexibility index (Phi) is 6.26. The van der Waals surface area contributed by atoms with E-state index >= 15 is 0 Å². The molecule has 0 saturated carbocycles. The van der Waals surface area contributed by atoms with Crippen molar-refractivity contribution in [1.29, 1.82) is 0 Å². The lowest BCUT2D eigenvalue weighted by Gasteiger charge is -2.14. The smallest absolute Gasteiger partial charge is 0.273 e. The summed E-state index contributed by atoms with van der Waals surface area (Å²) >= 11 is 6.23. The number of nitrogens with zero attached hydrogens (tertiary/aromatic N) is 5. The summed E-state index contributed by atoms with van der Waals surface area (Å²) in [6.07, 6.45) is 1.50. The van der Waals surface area contributed by atoms with E-state index in [-0.39, 0.29) is 11.8 Å². The molecule has 0 unspecified atom stereocenters. The highest BCUT2D eigenvalue weighted by atomic mass is 35.5. The van der Waals surface area contributed by atoms with E-state index in [1.807, 2.05) is 37.6 Å². The molecule has 0 aliphatic rings. The Bertz CT molecular complexity index is 1100. The van der Waals surface area contributed by atoms with E-state index in [0.717, 1.165) is 17.0 Å². The second kappa shape index (κ2) is 8.71. The van der Waals surface area contributed by atoms with Crippen molar-refractivity contribution in [1.82, 2.24) is 24.5 Å².